The lowest BCUT2D eigenvalue weighted by Gasteiger charge is -2.37. The lowest BCUT2D eigenvalue weighted by molar-refractivity contribution is 0.0698. The summed E-state index contributed by atoms with van der Waals surface area (Å²) in [4.78, 5) is 14.6. The number of aromatic nitrogens is 2. The molecule has 128 valence electrons. The predicted octanol–water partition coefficient (Wildman–Crippen LogP) is 1.65. The van der Waals surface area contributed by atoms with Crippen molar-refractivity contribution in [2.45, 2.75) is 62.8 Å². The third-order valence-electron chi connectivity index (χ3n) is 5.25. The van der Waals surface area contributed by atoms with E-state index in [2.05, 4.69) is 5.10 Å². The fraction of sp³-hybridized carbons (Fsp3) is 0.750. The van der Waals surface area contributed by atoms with Crippen LogP contribution in [0.1, 0.15) is 54.6 Å². The number of hydrogen-bond acceptors (Lipinski definition) is 4. The van der Waals surface area contributed by atoms with Gasteiger partial charge in [0.25, 0.3) is 5.91 Å². The van der Waals surface area contributed by atoms with Crippen molar-refractivity contribution in [1.82, 2.24) is 14.7 Å². The van der Waals surface area contributed by atoms with E-state index < -0.39 is 15.1 Å². The predicted molar refractivity (Wildman–Crippen MR) is 88.1 cm³/mol. The molecule has 0 bridgehead atoms. The van der Waals surface area contributed by atoms with E-state index in [0.717, 1.165) is 50.8 Å². The Morgan fingerprint density at radius 3 is 2.74 bits per heavy atom. The van der Waals surface area contributed by atoms with Crippen LogP contribution in [0.15, 0.2) is 6.20 Å². The van der Waals surface area contributed by atoms with E-state index in [4.69, 9.17) is 0 Å². The van der Waals surface area contributed by atoms with Gasteiger partial charge in [-0.25, -0.2) is 8.42 Å². The maximum Gasteiger partial charge on any atom is 0.257 e. The molecule has 1 aromatic heterocycles. The molecular weight excluding hydrogens is 314 g/mol. The molecule has 1 saturated carbocycles. The lowest BCUT2D eigenvalue weighted by atomic mass is 9.93. The van der Waals surface area contributed by atoms with Gasteiger partial charge in [-0.15, -0.1) is 0 Å². The lowest BCUT2D eigenvalue weighted by Crippen LogP contribution is -2.49. The van der Waals surface area contributed by atoms with Crippen LogP contribution in [-0.2, 0) is 22.8 Å². The van der Waals surface area contributed by atoms with E-state index in [0.29, 0.717) is 12.0 Å². The summed E-state index contributed by atoms with van der Waals surface area (Å²) in [5.41, 5.74) is 1.64. The molecule has 1 aliphatic carbocycles. The van der Waals surface area contributed by atoms with Crippen molar-refractivity contribution in [2.75, 3.05) is 13.3 Å². The zero-order valence-electron chi connectivity index (χ0n) is 13.9. The Kier molecular flexibility index (Phi) is 4.49. The Balaban J connectivity index is 1.85. The van der Waals surface area contributed by atoms with Crippen molar-refractivity contribution in [3.63, 3.8) is 0 Å². The van der Waals surface area contributed by atoms with Crippen LogP contribution >= 0.6 is 0 Å². The molecule has 0 spiro atoms. The molecule has 1 amide bonds. The zero-order valence-corrected chi connectivity index (χ0v) is 14.7. The van der Waals surface area contributed by atoms with Crippen molar-refractivity contribution in [3.8, 4) is 0 Å². The highest BCUT2D eigenvalue weighted by atomic mass is 32.2. The first-order chi connectivity index (χ1) is 10.9. The quantitative estimate of drug-likeness (QED) is 0.839. The number of rotatable bonds is 3. The molecule has 0 saturated heterocycles. The molecule has 0 N–H and O–H groups in total. The topological polar surface area (TPSA) is 72.3 Å². The van der Waals surface area contributed by atoms with Gasteiger partial charge < -0.3 is 4.90 Å². The van der Waals surface area contributed by atoms with Gasteiger partial charge in [0.05, 0.1) is 22.7 Å². The van der Waals surface area contributed by atoms with E-state index in [1.165, 1.54) is 6.26 Å². The molecule has 2 atom stereocenters. The molecule has 1 aliphatic heterocycles. The van der Waals surface area contributed by atoms with E-state index in [1.54, 1.807) is 18.1 Å². The SMILES string of the molecule is CN(C(=O)c1cnn2c1CCCC2)[C@H]1CCCC[C@@H]1S(C)(=O)=O. The van der Waals surface area contributed by atoms with Crippen LogP contribution in [0.2, 0.25) is 0 Å². The van der Waals surface area contributed by atoms with Gasteiger partial charge in [0.15, 0.2) is 9.84 Å². The second kappa shape index (κ2) is 6.26. The number of nitrogens with zero attached hydrogens (tertiary/aromatic N) is 3. The summed E-state index contributed by atoms with van der Waals surface area (Å²) in [6.07, 6.45) is 9.27. The summed E-state index contributed by atoms with van der Waals surface area (Å²) in [6.45, 7) is 0.863. The van der Waals surface area contributed by atoms with Crippen LogP contribution in [-0.4, -0.2) is 53.6 Å². The normalized spacial score (nSPS) is 25.0. The van der Waals surface area contributed by atoms with Crippen LogP contribution in [0.3, 0.4) is 0 Å². The second-order valence-corrected chi connectivity index (χ2v) is 9.09. The Morgan fingerprint density at radius 2 is 2.00 bits per heavy atom. The minimum atomic E-state index is -3.15. The molecule has 7 heteroatoms. The smallest absolute Gasteiger partial charge is 0.257 e. The van der Waals surface area contributed by atoms with Crippen LogP contribution < -0.4 is 0 Å². The standard InChI is InChI=1S/C16H25N3O3S/c1-18(14-8-3-4-9-15(14)23(2,21)22)16(20)12-11-17-19-10-6-5-7-13(12)19/h11,14-15H,3-10H2,1-2H3/t14-,15-/m0/s1. The summed E-state index contributed by atoms with van der Waals surface area (Å²) in [5.74, 6) is -0.0892. The Labute approximate surface area is 137 Å². The highest BCUT2D eigenvalue weighted by Crippen LogP contribution is 2.29. The monoisotopic (exact) mass is 339 g/mol. The molecular formula is C16H25N3O3S. The van der Waals surface area contributed by atoms with Crippen molar-refractivity contribution >= 4 is 15.7 Å². The second-order valence-electron chi connectivity index (χ2n) is 6.82. The summed E-state index contributed by atoms with van der Waals surface area (Å²) in [6, 6.07) is -0.231. The summed E-state index contributed by atoms with van der Waals surface area (Å²) >= 11 is 0. The number of sulfone groups is 1. The Hall–Kier alpha value is -1.37. The summed E-state index contributed by atoms with van der Waals surface area (Å²) < 4.78 is 26.1. The van der Waals surface area contributed by atoms with E-state index in [-0.39, 0.29) is 11.9 Å². The average molecular weight is 339 g/mol. The van der Waals surface area contributed by atoms with E-state index >= 15 is 0 Å². The number of hydrogen-bond donors (Lipinski definition) is 0. The van der Waals surface area contributed by atoms with Crippen LogP contribution in [0.25, 0.3) is 0 Å². The number of carbonyl (C=O) groups excluding carboxylic acids is 1. The average Bonchev–Trinajstić information content (AvgIpc) is 2.96. The fourth-order valence-corrected chi connectivity index (χ4v) is 5.44. The van der Waals surface area contributed by atoms with E-state index in [1.807, 2.05) is 4.68 Å². The first-order valence-corrected chi connectivity index (χ1v) is 10.4. The summed E-state index contributed by atoms with van der Waals surface area (Å²) in [5, 5.41) is 3.88. The number of fused-ring (bicyclic) bond motifs is 1. The first-order valence-electron chi connectivity index (χ1n) is 8.40. The van der Waals surface area contributed by atoms with Gasteiger partial charge in [-0.1, -0.05) is 12.8 Å². The fourth-order valence-electron chi connectivity index (χ4n) is 3.96. The molecule has 0 radical (unpaired) electrons. The maximum atomic E-state index is 12.9. The van der Waals surface area contributed by atoms with Crippen molar-refractivity contribution in [3.05, 3.63) is 17.5 Å². The molecule has 1 aromatic rings. The van der Waals surface area contributed by atoms with Gasteiger partial charge in [-0.05, 0) is 32.1 Å². The number of aryl methyl sites for hydroxylation is 1. The zero-order chi connectivity index (χ0) is 16.6. The van der Waals surface area contributed by atoms with Crippen LogP contribution in [0.5, 0.6) is 0 Å². The van der Waals surface area contributed by atoms with Crippen molar-refractivity contribution < 1.29 is 13.2 Å². The molecule has 2 heterocycles. The minimum Gasteiger partial charge on any atom is -0.337 e. The Morgan fingerprint density at radius 1 is 1.26 bits per heavy atom. The van der Waals surface area contributed by atoms with Gasteiger partial charge in [-0.2, -0.15) is 5.10 Å². The highest BCUT2D eigenvalue weighted by molar-refractivity contribution is 7.91. The molecule has 0 aromatic carbocycles. The van der Waals surface area contributed by atoms with Crippen LogP contribution in [0.4, 0.5) is 0 Å². The van der Waals surface area contributed by atoms with Crippen molar-refractivity contribution in [2.24, 2.45) is 0 Å². The minimum absolute atomic E-state index is 0.0892. The van der Waals surface area contributed by atoms with Crippen LogP contribution in [0, 0.1) is 0 Å². The number of amides is 1. The number of carbonyl (C=O) groups is 1. The molecule has 0 unspecified atom stereocenters. The molecule has 1 fully saturated rings. The maximum absolute atomic E-state index is 12.9. The van der Waals surface area contributed by atoms with Gasteiger partial charge in [0.2, 0.25) is 0 Å². The first kappa shape index (κ1) is 16.5. The summed E-state index contributed by atoms with van der Waals surface area (Å²) in [7, 11) is -1.41. The third kappa shape index (κ3) is 3.16. The van der Waals surface area contributed by atoms with Crippen molar-refractivity contribution in [1.29, 1.82) is 0 Å². The Bertz CT molecular complexity index is 695. The van der Waals surface area contributed by atoms with Gasteiger partial charge in [0, 0.05) is 25.9 Å². The largest absolute Gasteiger partial charge is 0.337 e. The highest BCUT2D eigenvalue weighted by Gasteiger charge is 2.38. The van der Waals surface area contributed by atoms with Gasteiger partial charge in [0.1, 0.15) is 0 Å². The third-order valence-corrected chi connectivity index (χ3v) is 6.90. The van der Waals surface area contributed by atoms with Gasteiger partial charge >= 0.3 is 0 Å². The molecule has 3 rings (SSSR count). The molecule has 6 nitrogen and oxygen atoms in total. The molecule has 23 heavy (non-hydrogen) atoms. The van der Waals surface area contributed by atoms with E-state index in [9.17, 15) is 13.2 Å². The van der Waals surface area contributed by atoms with Gasteiger partial charge in [-0.3, -0.25) is 9.48 Å². The molecule has 2 aliphatic rings.